The summed E-state index contributed by atoms with van der Waals surface area (Å²) in [4.78, 5) is 25.7. The molecule has 22 heavy (non-hydrogen) atoms. The van der Waals surface area contributed by atoms with E-state index in [0.29, 0.717) is 11.8 Å². The van der Waals surface area contributed by atoms with Crippen LogP contribution >= 0.6 is 0 Å². The summed E-state index contributed by atoms with van der Waals surface area (Å²) in [5, 5.41) is 0. The first-order chi connectivity index (χ1) is 10.4. The summed E-state index contributed by atoms with van der Waals surface area (Å²) in [7, 11) is 0. The van der Waals surface area contributed by atoms with Crippen molar-refractivity contribution in [3.8, 4) is 0 Å². The van der Waals surface area contributed by atoms with E-state index in [4.69, 9.17) is 0 Å². The van der Waals surface area contributed by atoms with Crippen LogP contribution in [0.15, 0.2) is 36.4 Å². The van der Waals surface area contributed by atoms with Gasteiger partial charge in [-0.3, -0.25) is 14.5 Å². The van der Waals surface area contributed by atoms with Crippen LogP contribution in [0.1, 0.15) is 51.3 Å². The Balaban J connectivity index is 2.14. The van der Waals surface area contributed by atoms with Gasteiger partial charge in [-0.25, -0.2) is 0 Å². The Morgan fingerprint density at radius 2 is 1.55 bits per heavy atom. The molecule has 3 nitrogen and oxygen atoms in total. The van der Waals surface area contributed by atoms with Gasteiger partial charge in [-0.15, -0.1) is 0 Å². The number of carbonyl (C=O) groups excluding carboxylic acids is 2. The van der Waals surface area contributed by atoms with Crippen molar-refractivity contribution >= 4 is 11.8 Å². The first kappa shape index (κ1) is 15.0. The highest BCUT2D eigenvalue weighted by atomic mass is 16.2. The van der Waals surface area contributed by atoms with Gasteiger partial charge in [0.25, 0.3) is 11.8 Å². The van der Waals surface area contributed by atoms with E-state index in [9.17, 15) is 9.59 Å². The van der Waals surface area contributed by atoms with Crippen LogP contribution in [0, 0.1) is 11.8 Å². The van der Waals surface area contributed by atoms with E-state index in [2.05, 4.69) is 45.9 Å². The monoisotopic (exact) mass is 297 g/mol. The number of imide groups is 1. The fraction of sp³-hybridized carbons (Fsp3) is 0.474. The van der Waals surface area contributed by atoms with Crippen LogP contribution < -0.4 is 0 Å². The van der Waals surface area contributed by atoms with E-state index in [1.165, 1.54) is 22.6 Å². The third-order valence-corrected chi connectivity index (χ3v) is 5.57. The number of hydrogen-bond donors (Lipinski definition) is 0. The van der Waals surface area contributed by atoms with Crippen LogP contribution in [-0.4, -0.2) is 16.7 Å². The highest BCUT2D eigenvalue weighted by Crippen LogP contribution is 2.55. The summed E-state index contributed by atoms with van der Waals surface area (Å²) in [5.74, 6) is 0.514. The smallest absolute Gasteiger partial charge is 0.254 e. The van der Waals surface area contributed by atoms with Crippen molar-refractivity contribution in [2.75, 3.05) is 0 Å². The van der Waals surface area contributed by atoms with Gasteiger partial charge in [-0.2, -0.15) is 0 Å². The van der Waals surface area contributed by atoms with E-state index >= 15 is 0 Å². The van der Waals surface area contributed by atoms with Crippen molar-refractivity contribution in [3.05, 3.63) is 47.5 Å². The summed E-state index contributed by atoms with van der Waals surface area (Å²) < 4.78 is 0. The molecule has 1 atom stereocenters. The molecule has 2 aliphatic rings. The average Bonchev–Trinajstić information content (AvgIpc) is 2.98. The summed E-state index contributed by atoms with van der Waals surface area (Å²) >= 11 is 0. The van der Waals surface area contributed by atoms with Crippen LogP contribution in [-0.2, 0) is 15.0 Å². The van der Waals surface area contributed by atoms with Crippen molar-refractivity contribution in [2.24, 2.45) is 11.8 Å². The van der Waals surface area contributed by atoms with E-state index in [1.54, 1.807) is 0 Å². The Morgan fingerprint density at radius 3 is 2.09 bits per heavy atom. The Hall–Kier alpha value is -1.90. The van der Waals surface area contributed by atoms with Gasteiger partial charge in [-0.1, -0.05) is 52.0 Å². The lowest BCUT2D eigenvalue weighted by Gasteiger charge is -2.39. The zero-order valence-electron chi connectivity index (χ0n) is 13.7. The number of fused-ring (bicyclic) bond motifs is 1. The van der Waals surface area contributed by atoms with Crippen LogP contribution in [0.5, 0.6) is 0 Å². The molecule has 116 valence electrons. The maximum Gasteiger partial charge on any atom is 0.254 e. The van der Waals surface area contributed by atoms with Crippen molar-refractivity contribution in [2.45, 2.75) is 45.6 Å². The largest absolute Gasteiger partial charge is 0.269 e. The van der Waals surface area contributed by atoms with Gasteiger partial charge in [0.05, 0.1) is 6.04 Å². The molecule has 3 heteroatoms. The third kappa shape index (κ3) is 1.88. The van der Waals surface area contributed by atoms with E-state index < -0.39 is 0 Å². The minimum absolute atomic E-state index is 0.00438. The number of rotatable bonds is 3. The van der Waals surface area contributed by atoms with Gasteiger partial charge in [0.1, 0.15) is 0 Å². The minimum atomic E-state index is -0.187. The fourth-order valence-electron chi connectivity index (χ4n) is 4.46. The summed E-state index contributed by atoms with van der Waals surface area (Å²) in [6.45, 7) is 8.96. The van der Waals surface area contributed by atoms with Gasteiger partial charge in [0.2, 0.25) is 0 Å². The minimum Gasteiger partial charge on any atom is -0.269 e. The highest BCUT2D eigenvalue weighted by molar-refractivity contribution is 6.13. The molecule has 1 aliphatic carbocycles. The second-order valence-electron chi connectivity index (χ2n) is 7.04. The van der Waals surface area contributed by atoms with Gasteiger partial charge < -0.3 is 0 Å². The first-order valence-corrected chi connectivity index (χ1v) is 8.04. The van der Waals surface area contributed by atoms with E-state index in [0.717, 1.165) is 12.0 Å². The van der Waals surface area contributed by atoms with Crippen molar-refractivity contribution in [3.63, 3.8) is 0 Å². The number of benzene rings is 1. The molecular weight excluding hydrogens is 274 g/mol. The standard InChI is InChI=1S/C19H23NO2/c1-12(2)19(13(3)4)11-16(14-7-5-6-8-15(14)19)20-17(21)9-10-18(20)22/h5-10,12-13,16H,11H2,1-4H3/t16-/m0/s1. The van der Waals surface area contributed by atoms with Gasteiger partial charge in [-0.05, 0) is 29.4 Å². The molecular formula is C19H23NO2. The molecule has 1 aromatic carbocycles. The molecule has 0 bridgehead atoms. The fourth-order valence-corrected chi connectivity index (χ4v) is 4.46. The topological polar surface area (TPSA) is 37.4 Å². The summed E-state index contributed by atoms with van der Waals surface area (Å²) in [6.07, 6.45) is 3.59. The molecule has 0 saturated heterocycles. The van der Waals surface area contributed by atoms with Gasteiger partial charge in [0, 0.05) is 17.6 Å². The van der Waals surface area contributed by atoms with E-state index in [-0.39, 0.29) is 23.3 Å². The Kier molecular flexibility index (Phi) is 3.47. The predicted octanol–water partition coefficient (Wildman–Crippen LogP) is 3.61. The highest BCUT2D eigenvalue weighted by Gasteiger charge is 2.51. The number of hydrogen-bond acceptors (Lipinski definition) is 2. The Morgan fingerprint density at radius 1 is 1.00 bits per heavy atom. The SMILES string of the molecule is CC(C)C1(C(C)C)C[C@H](N2C(=O)C=CC2=O)c2ccccc21. The predicted molar refractivity (Wildman–Crippen MR) is 86.1 cm³/mol. The summed E-state index contributed by atoms with van der Waals surface area (Å²) in [5.41, 5.74) is 2.44. The zero-order chi connectivity index (χ0) is 16.1. The van der Waals surface area contributed by atoms with Crippen molar-refractivity contribution in [1.29, 1.82) is 0 Å². The third-order valence-electron chi connectivity index (χ3n) is 5.57. The van der Waals surface area contributed by atoms with Crippen LogP contribution in [0.25, 0.3) is 0 Å². The molecule has 3 rings (SSSR count). The summed E-state index contributed by atoms with van der Waals surface area (Å²) in [6, 6.07) is 8.17. The van der Waals surface area contributed by atoms with Crippen LogP contribution in [0.4, 0.5) is 0 Å². The second kappa shape index (κ2) is 5.08. The van der Waals surface area contributed by atoms with Crippen LogP contribution in [0.2, 0.25) is 0 Å². The van der Waals surface area contributed by atoms with Crippen LogP contribution in [0.3, 0.4) is 0 Å². The van der Waals surface area contributed by atoms with Crippen molar-refractivity contribution in [1.82, 2.24) is 4.90 Å². The quantitative estimate of drug-likeness (QED) is 0.799. The molecule has 2 amide bonds. The van der Waals surface area contributed by atoms with Gasteiger partial charge in [0.15, 0.2) is 0 Å². The number of amides is 2. The Bertz CT molecular complexity index is 631. The molecule has 0 N–H and O–H groups in total. The van der Waals surface area contributed by atoms with Crippen molar-refractivity contribution < 1.29 is 9.59 Å². The molecule has 0 aromatic heterocycles. The second-order valence-corrected chi connectivity index (χ2v) is 7.04. The molecule has 0 saturated carbocycles. The average molecular weight is 297 g/mol. The Labute approximate surface area is 132 Å². The lowest BCUT2D eigenvalue weighted by atomic mass is 9.65. The molecule has 0 radical (unpaired) electrons. The zero-order valence-corrected chi connectivity index (χ0v) is 13.7. The molecule has 0 spiro atoms. The number of nitrogens with zero attached hydrogens (tertiary/aromatic N) is 1. The number of carbonyl (C=O) groups is 2. The molecule has 0 unspecified atom stereocenters. The molecule has 1 aromatic rings. The molecule has 1 aliphatic heterocycles. The van der Waals surface area contributed by atoms with E-state index in [1.807, 2.05) is 6.07 Å². The maximum absolute atomic E-state index is 12.2. The van der Waals surface area contributed by atoms with Gasteiger partial charge >= 0.3 is 0 Å². The normalized spacial score (nSPS) is 23.0. The lowest BCUT2D eigenvalue weighted by molar-refractivity contribution is -0.140. The molecule has 0 fully saturated rings. The first-order valence-electron chi connectivity index (χ1n) is 8.04. The molecule has 1 heterocycles. The maximum atomic E-state index is 12.2. The lowest BCUT2D eigenvalue weighted by Crippen LogP contribution is -2.39.